The molecule has 2 saturated heterocycles. The van der Waals surface area contributed by atoms with Crippen LogP contribution in [-0.2, 0) is 0 Å². The summed E-state index contributed by atoms with van der Waals surface area (Å²) in [5, 5.41) is 0. The van der Waals surface area contributed by atoms with Crippen molar-refractivity contribution >= 4 is 0 Å². The van der Waals surface area contributed by atoms with Gasteiger partial charge in [-0.3, -0.25) is 4.90 Å². The second-order valence-electron chi connectivity index (χ2n) is 7.36. The molecule has 2 heterocycles. The first-order chi connectivity index (χ1) is 9.52. The van der Waals surface area contributed by atoms with Gasteiger partial charge in [-0.15, -0.1) is 0 Å². The molecule has 2 aliphatic rings. The van der Waals surface area contributed by atoms with Gasteiger partial charge in [-0.25, -0.2) is 0 Å². The minimum atomic E-state index is 0.793. The molecule has 0 N–H and O–H groups in total. The van der Waals surface area contributed by atoms with Crippen LogP contribution in [0.2, 0.25) is 0 Å². The Morgan fingerprint density at radius 2 is 1.75 bits per heavy atom. The molecule has 2 aliphatic heterocycles. The van der Waals surface area contributed by atoms with Crippen LogP contribution >= 0.6 is 0 Å². The molecule has 2 unspecified atom stereocenters. The van der Waals surface area contributed by atoms with Crippen LogP contribution in [0.3, 0.4) is 0 Å². The summed E-state index contributed by atoms with van der Waals surface area (Å²) in [5.41, 5.74) is 0. The molecule has 3 nitrogen and oxygen atoms in total. The fourth-order valence-corrected chi connectivity index (χ4v) is 4.21. The van der Waals surface area contributed by atoms with Crippen LogP contribution in [0.5, 0.6) is 0 Å². The molecular formula is C17H35N3. The van der Waals surface area contributed by atoms with E-state index >= 15 is 0 Å². The Bertz CT molecular complexity index is 284. The van der Waals surface area contributed by atoms with Gasteiger partial charge >= 0.3 is 0 Å². The summed E-state index contributed by atoms with van der Waals surface area (Å²) >= 11 is 0. The summed E-state index contributed by atoms with van der Waals surface area (Å²) in [6.45, 7) is 13.5. The highest BCUT2D eigenvalue weighted by atomic mass is 15.2. The first kappa shape index (κ1) is 16.3. The van der Waals surface area contributed by atoms with Crippen molar-refractivity contribution in [1.29, 1.82) is 0 Å². The van der Waals surface area contributed by atoms with E-state index in [1.54, 1.807) is 0 Å². The molecule has 0 aromatic heterocycles. The summed E-state index contributed by atoms with van der Waals surface area (Å²) in [6.07, 6.45) is 4.08. The number of rotatable bonds is 4. The zero-order valence-corrected chi connectivity index (χ0v) is 14.3. The number of piperidine rings is 2. The molecular weight excluding hydrogens is 246 g/mol. The molecule has 0 spiro atoms. The van der Waals surface area contributed by atoms with E-state index in [0.717, 1.165) is 23.9 Å². The van der Waals surface area contributed by atoms with Gasteiger partial charge < -0.3 is 9.80 Å². The third-order valence-electron chi connectivity index (χ3n) is 5.78. The van der Waals surface area contributed by atoms with Crippen LogP contribution in [0, 0.1) is 11.8 Å². The van der Waals surface area contributed by atoms with E-state index in [1.165, 1.54) is 52.0 Å². The van der Waals surface area contributed by atoms with Gasteiger partial charge in [-0.2, -0.15) is 0 Å². The van der Waals surface area contributed by atoms with E-state index in [-0.39, 0.29) is 0 Å². The average molecular weight is 281 g/mol. The Morgan fingerprint density at radius 3 is 2.30 bits per heavy atom. The van der Waals surface area contributed by atoms with E-state index in [0.29, 0.717) is 0 Å². The van der Waals surface area contributed by atoms with E-state index in [9.17, 15) is 0 Å². The van der Waals surface area contributed by atoms with Gasteiger partial charge in [-0.05, 0) is 71.4 Å². The largest absolute Gasteiger partial charge is 0.306 e. The third kappa shape index (κ3) is 3.75. The normalized spacial score (nSPS) is 31.4. The van der Waals surface area contributed by atoms with E-state index in [4.69, 9.17) is 0 Å². The van der Waals surface area contributed by atoms with E-state index in [2.05, 4.69) is 49.6 Å². The maximum Gasteiger partial charge on any atom is 0.0150 e. The average Bonchev–Trinajstić information content (AvgIpc) is 2.46. The summed E-state index contributed by atoms with van der Waals surface area (Å²) in [4.78, 5) is 7.87. The highest BCUT2D eigenvalue weighted by Gasteiger charge is 2.35. The SMILES string of the molecule is CCN1CCC(N(C)C2CCN(C)CC2C(C)C)CC1. The molecule has 0 aromatic carbocycles. The Kier molecular flexibility index (Phi) is 5.88. The molecule has 0 aliphatic carbocycles. The molecule has 2 rings (SSSR count). The van der Waals surface area contributed by atoms with E-state index in [1.807, 2.05) is 0 Å². The number of hydrogen-bond donors (Lipinski definition) is 0. The lowest BCUT2D eigenvalue weighted by Gasteiger charge is -2.47. The molecule has 0 radical (unpaired) electrons. The van der Waals surface area contributed by atoms with Gasteiger partial charge in [0.1, 0.15) is 0 Å². The zero-order chi connectivity index (χ0) is 14.7. The van der Waals surface area contributed by atoms with Crippen LogP contribution in [0.1, 0.15) is 40.0 Å². The second kappa shape index (κ2) is 7.24. The van der Waals surface area contributed by atoms with Crippen molar-refractivity contribution in [3.8, 4) is 0 Å². The standard InChI is InChI=1S/C17H35N3/c1-6-20-11-7-15(8-12-20)19(5)17-9-10-18(4)13-16(17)14(2)3/h14-17H,6-13H2,1-5H3. The Labute approximate surface area is 126 Å². The first-order valence-electron chi connectivity index (χ1n) is 8.65. The van der Waals surface area contributed by atoms with Crippen LogP contribution in [0.15, 0.2) is 0 Å². The van der Waals surface area contributed by atoms with E-state index < -0.39 is 0 Å². The predicted octanol–water partition coefficient (Wildman–Crippen LogP) is 2.38. The van der Waals surface area contributed by atoms with Crippen LogP contribution in [0.25, 0.3) is 0 Å². The van der Waals surface area contributed by atoms with Gasteiger partial charge in [0.15, 0.2) is 0 Å². The van der Waals surface area contributed by atoms with Crippen molar-refractivity contribution in [1.82, 2.24) is 14.7 Å². The smallest absolute Gasteiger partial charge is 0.0150 e. The molecule has 0 aromatic rings. The van der Waals surface area contributed by atoms with Crippen molar-refractivity contribution in [2.45, 2.75) is 52.1 Å². The monoisotopic (exact) mass is 281 g/mol. The molecule has 2 atom stereocenters. The van der Waals surface area contributed by atoms with Crippen molar-refractivity contribution in [3.63, 3.8) is 0 Å². The second-order valence-corrected chi connectivity index (χ2v) is 7.36. The quantitative estimate of drug-likeness (QED) is 0.783. The topological polar surface area (TPSA) is 9.72 Å². The van der Waals surface area contributed by atoms with Gasteiger partial charge in [-0.1, -0.05) is 20.8 Å². The van der Waals surface area contributed by atoms with Crippen LogP contribution in [0.4, 0.5) is 0 Å². The minimum absolute atomic E-state index is 0.793. The van der Waals surface area contributed by atoms with Gasteiger partial charge in [0.2, 0.25) is 0 Å². The predicted molar refractivity (Wildman–Crippen MR) is 87.1 cm³/mol. The van der Waals surface area contributed by atoms with Gasteiger partial charge in [0.25, 0.3) is 0 Å². The number of likely N-dealkylation sites (tertiary alicyclic amines) is 2. The summed E-state index contributed by atoms with van der Waals surface area (Å²) in [6, 6.07) is 1.61. The molecule has 118 valence electrons. The number of nitrogens with zero attached hydrogens (tertiary/aromatic N) is 3. The Morgan fingerprint density at radius 1 is 1.10 bits per heavy atom. The molecule has 2 fully saturated rings. The van der Waals surface area contributed by atoms with Gasteiger partial charge in [0.05, 0.1) is 0 Å². The third-order valence-corrected chi connectivity index (χ3v) is 5.78. The van der Waals surface area contributed by atoms with Crippen molar-refractivity contribution < 1.29 is 0 Å². The van der Waals surface area contributed by atoms with Crippen molar-refractivity contribution in [3.05, 3.63) is 0 Å². The Balaban J connectivity index is 1.94. The first-order valence-corrected chi connectivity index (χ1v) is 8.65. The maximum absolute atomic E-state index is 2.75. The summed E-state index contributed by atoms with van der Waals surface area (Å²) in [7, 11) is 4.68. The molecule has 20 heavy (non-hydrogen) atoms. The van der Waals surface area contributed by atoms with Crippen molar-refractivity contribution in [2.24, 2.45) is 11.8 Å². The molecule has 0 amide bonds. The highest BCUT2D eigenvalue weighted by Crippen LogP contribution is 2.30. The molecule has 3 heteroatoms. The van der Waals surface area contributed by atoms with Gasteiger partial charge in [0, 0.05) is 18.6 Å². The zero-order valence-electron chi connectivity index (χ0n) is 14.3. The summed E-state index contributed by atoms with van der Waals surface area (Å²) in [5.74, 6) is 1.63. The maximum atomic E-state index is 2.75. The van der Waals surface area contributed by atoms with Crippen LogP contribution < -0.4 is 0 Å². The van der Waals surface area contributed by atoms with Crippen molar-refractivity contribution in [2.75, 3.05) is 46.8 Å². The molecule has 0 bridgehead atoms. The highest BCUT2D eigenvalue weighted by molar-refractivity contribution is 4.90. The van der Waals surface area contributed by atoms with Crippen LogP contribution in [-0.4, -0.2) is 73.6 Å². The lowest BCUT2D eigenvalue weighted by Crippen LogP contribution is -2.55. The Hall–Kier alpha value is -0.120. The fraction of sp³-hybridized carbons (Fsp3) is 1.00. The lowest BCUT2D eigenvalue weighted by molar-refractivity contribution is 0.0167. The molecule has 0 saturated carbocycles. The minimum Gasteiger partial charge on any atom is -0.306 e. The lowest BCUT2D eigenvalue weighted by atomic mass is 9.81. The summed E-state index contributed by atoms with van der Waals surface area (Å²) < 4.78 is 0. The number of hydrogen-bond acceptors (Lipinski definition) is 3. The fourth-order valence-electron chi connectivity index (χ4n) is 4.21.